The molecule has 1 aromatic rings. The van der Waals surface area contributed by atoms with Crippen molar-refractivity contribution in [3.8, 4) is 0 Å². The molecule has 2 rings (SSSR count). The Morgan fingerprint density at radius 1 is 1.26 bits per heavy atom. The molecule has 0 heterocycles. The molecule has 6 N–H and O–H groups in total. The Bertz CT molecular complexity index is 679. The third-order valence-corrected chi connectivity index (χ3v) is 4.85. The summed E-state index contributed by atoms with van der Waals surface area (Å²) in [5.41, 5.74) is 6.47. The van der Waals surface area contributed by atoms with Crippen molar-refractivity contribution in [2.75, 3.05) is 6.54 Å². The van der Waals surface area contributed by atoms with E-state index in [0.717, 1.165) is 6.42 Å². The first-order valence-corrected chi connectivity index (χ1v) is 9.20. The van der Waals surface area contributed by atoms with E-state index in [2.05, 4.69) is 10.6 Å². The number of carboxylic acids is 1. The van der Waals surface area contributed by atoms with Crippen LogP contribution in [0, 0.1) is 5.92 Å². The van der Waals surface area contributed by atoms with E-state index < -0.39 is 35.8 Å². The molecule has 1 aliphatic carbocycles. The molecule has 8 heteroatoms. The number of amides is 2. The second kappa shape index (κ2) is 10.0. The number of carbonyl (C=O) groups is 3. The van der Waals surface area contributed by atoms with Crippen molar-refractivity contribution in [3.63, 3.8) is 0 Å². The minimum absolute atomic E-state index is 0.184. The van der Waals surface area contributed by atoms with E-state index in [1.807, 2.05) is 0 Å². The lowest BCUT2D eigenvalue weighted by Gasteiger charge is -2.23. The monoisotopic (exact) mass is 377 g/mol. The Morgan fingerprint density at radius 3 is 2.70 bits per heavy atom. The fourth-order valence-corrected chi connectivity index (χ4v) is 3.35. The van der Waals surface area contributed by atoms with Crippen molar-refractivity contribution >= 4 is 17.8 Å². The molecule has 0 bridgehead atoms. The van der Waals surface area contributed by atoms with Gasteiger partial charge < -0.3 is 26.6 Å². The van der Waals surface area contributed by atoms with Crippen LogP contribution in [-0.2, 0) is 16.2 Å². The summed E-state index contributed by atoms with van der Waals surface area (Å²) in [5.74, 6) is -2.33. The van der Waals surface area contributed by atoms with Crippen LogP contribution in [0.5, 0.6) is 0 Å². The van der Waals surface area contributed by atoms with E-state index >= 15 is 0 Å². The smallest absolute Gasteiger partial charge is 0.308 e. The molecule has 0 spiro atoms. The van der Waals surface area contributed by atoms with Gasteiger partial charge in [0.05, 0.1) is 12.5 Å². The number of aliphatic hydroxyl groups is 1. The van der Waals surface area contributed by atoms with E-state index in [-0.39, 0.29) is 6.61 Å². The number of hydrogen-bond donors (Lipinski definition) is 5. The number of nitrogens with two attached hydrogens (primary N) is 1. The summed E-state index contributed by atoms with van der Waals surface area (Å²) in [6.45, 7) is 0.192. The van der Waals surface area contributed by atoms with Crippen LogP contribution in [0.1, 0.15) is 48.0 Å². The second-order valence-electron chi connectivity index (χ2n) is 6.81. The maximum atomic E-state index is 12.7. The number of nitrogens with one attached hydrogen (secondary N) is 2. The van der Waals surface area contributed by atoms with Crippen LogP contribution < -0.4 is 16.4 Å². The topological polar surface area (TPSA) is 142 Å². The first-order valence-electron chi connectivity index (χ1n) is 9.20. The molecular formula is C19H27N3O5. The van der Waals surface area contributed by atoms with Crippen LogP contribution in [0.4, 0.5) is 0 Å². The standard InChI is InChI=1S/C19H27N3O5/c20-9-3-8-16(18(25)21-15-7-2-6-14(15)19(26)27)22-17(24)13-5-1-4-12(10-13)11-23/h1,4-5,10,14-16,23H,2-3,6-9,11,20H2,(H,21,25)(H,22,24)(H,26,27)/t14-,15+,16+/m1/s1. The minimum Gasteiger partial charge on any atom is -0.481 e. The Balaban J connectivity index is 2.05. The van der Waals surface area contributed by atoms with E-state index in [1.54, 1.807) is 24.3 Å². The third-order valence-electron chi connectivity index (χ3n) is 4.85. The molecule has 1 aromatic carbocycles. The summed E-state index contributed by atoms with van der Waals surface area (Å²) in [4.78, 5) is 36.5. The predicted molar refractivity (Wildman–Crippen MR) is 98.8 cm³/mol. The highest BCUT2D eigenvalue weighted by molar-refractivity contribution is 5.97. The van der Waals surface area contributed by atoms with Gasteiger partial charge in [0.1, 0.15) is 6.04 Å². The molecule has 1 saturated carbocycles. The Hall–Kier alpha value is -2.45. The average molecular weight is 377 g/mol. The van der Waals surface area contributed by atoms with Gasteiger partial charge in [0.15, 0.2) is 0 Å². The Labute approximate surface area is 158 Å². The Kier molecular flexibility index (Phi) is 7.75. The molecular weight excluding hydrogens is 350 g/mol. The van der Waals surface area contributed by atoms with E-state index in [1.165, 1.54) is 0 Å². The molecule has 1 fully saturated rings. The molecule has 2 amide bonds. The molecule has 27 heavy (non-hydrogen) atoms. The van der Waals surface area contributed by atoms with Gasteiger partial charge in [-0.05, 0) is 49.9 Å². The third kappa shape index (κ3) is 5.77. The molecule has 1 aliphatic rings. The van der Waals surface area contributed by atoms with Crippen LogP contribution in [0.2, 0.25) is 0 Å². The predicted octanol–water partition coefficient (Wildman–Crippen LogP) is 0.386. The van der Waals surface area contributed by atoms with Gasteiger partial charge in [-0.25, -0.2) is 0 Å². The van der Waals surface area contributed by atoms with Crippen LogP contribution in [0.3, 0.4) is 0 Å². The van der Waals surface area contributed by atoms with Gasteiger partial charge in [0.25, 0.3) is 5.91 Å². The zero-order valence-corrected chi connectivity index (χ0v) is 15.2. The van der Waals surface area contributed by atoms with Crippen LogP contribution >= 0.6 is 0 Å². The summed E-state index contributed by atoms with van der Waals surface area (Å²) < 4.78 is 0. The number of aliphatic hydroxyl groups excluding tert-OH is 1. The van der Waals surface area contributed by atoms with Crippen LogP contribution in [-0.4, -0.2) is 46.6 Å². The number of hydrogen-bond acceptors (Lipinski definition) is 5. The van der Waals surface area contributed by atoms with E-state index in [9.17, 15) is 24.6 Å². The van der Waals surface area contributed by atoms with Gasteiger partial charge in [-0.3, -0.25) is 14.4 Å². The lowest BCUT2D eigenvalue weighted by atomic mass is 10.0. The largest absolute Gasteiger partial charge is 0.481 e. The summed E-state index contributed by atoms with van der Waals surface area (Å²) in [7, 11) is 0. The summed E-state index contributed by atoms with van der Waals surface area (Å²) in [6.07, 6.45) is 2.79. The van der Waals surface area contributed by atoms with Crippen molar-refractivity contribution in [2.24, 2.45) is 11.7 Å². The maximum absolute atomic E-state index is 12.7. The van der Waals surface area contributed by atoms with Crippen molar-refractivity contribution in [1.29, 1.82) is 0 Å². The molecule has 0 radical (unpaired) electrons. The highest BCUT2D eigenvalue weighted by atomic mass is 16.4. The minimum atomic E-state index is -0.916. The molecule has 0 unspecified atom stereocenters. The first kappa shape index (κ1) is 20.9. The number of carboxylic acid groups (broad SMARTS) is 1. The van der Waals surface area contributed by atoms with Crippen molar-refractivity contribution < 1.29 is 24.6 Å². The summed E-state index contributed by atoms with van der Waals surface area (Å²) in [6, 6.07) is 5.29. The lowest BCUT2D eigenvalue weighted by molar-refractivity contribution is -0.142. The zero-order chi connectivity index (χ0) is 19.8. The quantitative estimate of drug-likeness (QED) is 0.421. The van der Waals surface area contributed by atoms with Gasteiger partial charge in [0, 0.05) is 11.6 Å². The highest BCUT2D eigenvalue weighted by Gasteiger charge is 2.35. The summed E-state index contributed by atoms with van der Waals surface area (Å²) >= 11 is 0. The molecule has 8 nitrogen and oxygen atoms in total. The summed E-state index contributed by atoms with van der Waals surface area (Å²) in [5, 5.41) is 23.9. The van der Waals surface area contributed by atoms with Gasteiger partial charge in [0.2, 0.25) is 5.91 Å². The van der Waals surface area contributed by atoms with Crippen molar-refractivity contribution in [2.45, 2.75) is 50.8 Å². The van der Waals surface area contributed by atoms with E-state index in [0.29, 0.717) is 43.4 Å². The van der Waals surface area contributed by atoms with Crippen molar-refractivity contribution in [1.82, 2.24) is 10.6 Å². The maximum Gasteiger partial charge on any atom is 0.308 e. The lowest BCUT2D eigenvalue weighted by Crippen LogP contribution is -2.51. The second-order valence-corrected chi connectivity index (χ2v) is 6.81. The van der Waals surface area contributed by atoms with Gasteiger partial charge in [-0.15, -0.1) is 0 Å². The first-order chi connectivity index (χ1) is 13.0. The molecule has 3 atom stereocenters. The fourth-order valence-electron chi connectivity index (χ4n) is 3.35. The number of benzene rings is 1. The van der Waals surface area contributed by atoms with Crippen LogP contribution in [0.25, 0.3) is 0 Å². The van der Waals surface area contributed by atoms with Gasteiger partial charge in [-0.1, -0.05) is 18.6 Å². The number of carbonyl (C=O) groups excluding carboxylic acids is 2. The van der Waals surface area contributed by atoms with Crippen molar-refractivity contribution in [3.05, 3.63) is 35.4 Å². The fraction of sp³-hybridized carbons (Fsp3) is 0.526. The SMILES string of the molecule is NCCC[C@H](NC(=O)c1cccc(CO)c1)C(=O)N[C@H]1CCC[C@H]1C(=O)O. The zero-order valence-electron chi connectivity index (χ0n) is 15.2. The number of aliphatic carboxylic acids is 1. The molecule has 0 saturated heterocycles. The molecule has 0 aromatic heterocycles. The van der Waals surface area contributed by atoms with Gasteiger partial charge in [-0.2, -0.15) is 0 Å². The Morgan fingerprint density at radius 2 is 2.04 bits per heavy atom. The molecule has 148 valence electrons. The highest BCUT2D eigenvalue weighted by Crippen LogP contribution is 2.26. The average Bonchev–Trinajstić information content (AvgIpc) is 3.13. The van der Waals surface area contributed by atoms with Gasteiger partial charge >= 0.3 is 5.97 Å². The normalized spacial score (nSPS) is 20.1. The van der Waals surface area contributed by atoms with E-state index in [4.69, 9.17) is 5.73 Å². The van der Waals surface area contributed by atoms with Crippen LogP contribution in [0.15, 0.2) is 24.3 Å². The number of rotatable bonds is 9. The molecule has 0 aliphatic heterocycles.